The fraction of sp³-hybridized carbons (Fsp3) is 0.588. The number of benzene rings is 1. The molecule has 2 rings (SSSR count). The van der Waals surface area contributed by atoms with Crippen LogP contribution in [0.5, 0.6) is 0 Å². The highest BCUT2D eigenvalue weighted by atomic mass is 19.4. The molecule has 7 heteroatoms. The summed E-state index contributed by atoms with van der Waals surface area (Å²) < 4.78 is 43.1. The van der Waals surface area contributed by atoms with Gasteiger partial charge in [0.25, 0.3) is 0 Å². The number of halogens is 3. The van der Waals surface area contributed by atoms with Gasteiger partial charge in [0.2, 0.25) is 0 Å². The molecule has 24 heavy (non-hydrogen) atoms. The summed E-state index contributed by atoms with van der Waals surface area (Å²) in [6, 6.07) is 4.81. The number of aliphatic hydroxyl groups excluding tert-OH is 1. The molecule has 1 heterocycles. The van der Waals surface area contributed by atoms with Crippen LogP contribution in [-0.2, 0) is 10.9 Å². The molecule has 2 atom stereocenters. The van der Waals surface area contributed by atoms with E-state index in [9.17, 15) is 23.1 Å². The minimum Gasteiger partial charge on any atom is -0.444 e. The summed E-state index contributed by atoms with van der Waals surface area (Å²) in [6.45, 7) is 5.76. The molecule has 0 radical (unpaired) electrons. The van der Waals surface area contributed by atoms with Crippen LogP contribution in [0.2, 0.25) is 0 Å². The van der Waals surface area contributed by atoms with Gasteiger partial charge in [-0.1, -0.05) is 12.1 Å². The number of nitrogens with zero attached hydrogens (tertiary/aromatic N) is 1. The van der Waals surface area contributed by atoms with Crippen molar-refractivity contribution < 1.29 is 27.8 Å². The van der Waals surface area contributed by atoms with E-state index in [1.54, 1.807) is 20.8 Å². The molecule has 0 aliphatic carbocycles. The maximum absolute atomic E-state index is 12.6. The molecular weight excluding hydrogens is 323 g/mol. The zero-order valence-electron chi connectivity index (χ0n) is 13.9. The summed E-state index contributed by atoms with van der Waals surface area (Å²) in [4.78, 5) is 13.5. The lowest BCUT2D eigenvalue weighted by Crippen LogP contribution is -2.47. The van der Waals surface area contributed by atoms with Crippen LogP contribution in [0.1, 0.15) is 44.2 Å². The van der Waals surface area contributed by atoms with Gasteiger partial charge in [0, 0.05) is 12.5 Å². The first-order chi connectivity index (χ1) is 11.0. The highest BCUT2D eigenvalue weighted by molar-refractivity contribution is 5.68. The average molecular weight is 345 g/mol. The fourth-order valence-electron chi connectivity index (χ4n) is 2.73. The highest BCUT2D eigenvalue weighted by Gasteiger charge is 2.34. The summed E-state index contributed by atoms with van der Waals surface area (Å²) in [7, 11) is 0. The van der Waals surface area contributed by atoms with Gasteiger partial charge in [-0.25, -0.2) is 4.79 Å². The summed E-state index contributed by atoms with van der Waals surface area (Å²) >= 11 is 0. The Balaban J connectivity index is 2.02. The second kappa shape index (κ2) is 6.63. The van der Waals surface area contributed by atoms with E-state index in [1.165, 1.54) is 17.0 Å². The minimum atomic E-state index is -4.38. The monoisotopic (exact) mass is 345 g/mol. The van der Waals surface area contributed by atoms with Gasteiger partial charge in [0.1, 0.15) is 5.60 Å². The van der Waals surface area contributed by atoms with Crippen molar-refractivity contribution in [3.05, 3.63) is 35.4 Å². The summed E-state index contributed by atoms with van der Waals surface area (Å²) in [5, 5.41) is 10.3. The Hall–Kier alpha value is -1.76. The van der Waals surface area contributed by atoms with Gasteiger partial charge in [-0.2, -0.15) is 13.2 Å². The van der Waals surface area contributed by atoms with Gasteiger partial charge in [0.15, 0.2) is 0 Å². The van der Waals surface area contributed by atoms with Gasteiger partial charge < -0.3 is 14.7 Å². The number of ether oxygens (including phenoxy) is 1. The highest BCUT2D eigenvalue weighted by Crippen LogP contribution is 2.33. The molecule has 1 aromatic carbocycles. The summed E-state index contributed by atoms with van der Waals surface area (Å²) in [5.74, 6) is -0.300. The van der Waals surface area contributed by atoms with Crippen LogP contribution in [-0.4, -0.2) is 40.9 Å². The third-order valence-electron chi connectivity index (χ3n) is 3.90. The number of likely N-dealkylation sites (tertiary alicyclic amines) is 1. The number of alkyl halides is 3. The predicted molar refractivity (Wildman–Crippen MR) is 82.6 cm³/mol. The second-order valence-electron chi connectivity index (χ2n) is 7.01. The second-order valence-corrected chi connectivity index (χ2v) is 7.01. The number of carbonyl (C=O) groups is 1. The Morgan fingerprint density at radius 1 is 1.21 bits per heavy atom. The van der Waals surface area contributed by atoms with Crippen molar-refractivity contribution in [1.82, 2.24) is 4.90 Å². The lowest BCUT2D eigenvalue weighted by Gasteiger charge is -2.37. The smallest absolute Gasteiger partial charge is 0.416 e. The van der Waals surface area contributed by atoms with E-state index in [0.29, 0.717) is 18.5 Å². The number of piperidine rings is 1. The third-order valence-corrected chi connectivity index (χ3v) is 3.90. The Labute approximate surface area is 139 Å². The number of hydrogen-bond donors (Lipinski definition) is 1. The molecule has 1 fully saturated rings. The Morgan fingerprint density at radius 3 is 2.25 bits per heavy atom. The number of rotatable bonds is 1. The van der Waals surface area contributed by atoms with Gasteiger partial charge in [-0.15, -0.1) is 0 Å². The minimum absolute atomic E-state index is 0.0978. The van der Waals surface area contributed by atoms with E-state index in [-0.39, 0.29) is 12.5 Å². The Kier molecular flexibility index (Phi) is 5.13. The maximum atomic E-state index is 12.6. The molecule has 2 unspecified atom stereocenters. The van der Waals surface area contributed by atoms with E-state index < -0.39 is 29.5 Å². The fourth-order valence-corrected chi connectivity index (χ4v) is 2.73. The Bertz CT molecular complexity index is 578. The van der Waals surface area contributed by atoms with Gasteiger partial charge in [-0.05, 0) is 44.9 Å². The van der Waals surface area contributed by atoms with Gasteiger partial charge in [0.05, 0.1) is 18.2 Å². The van der Waals surface area contributed by atoms with E-state index in [4.69, 9.17) is 4.74 Å². The van der Waals surface area contributed by atoms with Gasteiger partial charge in [-0.3, -0.25) is 0 Å². The van der Waals surface area contributed by atoms with Crippen LogP contribution in [0.25, 0.3) is 0 Å². The standard InChI is InChI=1S/C17H22F3NO3/c1-16(2,3)24-15(23)21-9-8-13(14(22)10-21)11-4-6-12(7-5-11)17(18,19)20/h4-7,13-14,22H,8-10H2,1-3H3. The van der Waals surface area contributed by atoms with Crippen molar-refractivity contribution in [2.45, 2.75) is 51.0 Å². The first-order valence-electron chi connectivity index (χ1n) is 7.80. The number of β-amino-alcohol motifs (C(OH)–C–C–N with tert-alkyl or cyclic N) is 1. The van der Waals surface area contributed by atoms with Crippen molar-refractivity contribution in [3.8, 4) is 0 Å². The molecule has 1 N–H and O–H groups in total. The largest absolute Gasteiger partial charge is 0.444 e. The number of amides is 1. The summed E-state index contributed by atoms with van der Waals surface area (Å²) in [5.41, 5.74) is -0.696. The molecule has 134 valence electrons. The maximum Gasteiger partial charge on any atom is 0.416 e. The summed E-state index contributed by atoms with van der Waals surface area (Å²) in [6.07, 6.45) is -5.25. The van der Waals surface area contributed by atoms with Crippen LogP contribution in [0.4, 0.5) is 18.0 Å². The van der Waals surface area contributed by atoms with Crippen LogP contribution in [0.3, 0.4) is 0 Å². The predicted octanol–water partition coefficient (Wildman–Crippen LogP) is 3.79. The van der Waals surface area contributed by atoms with Crippen LogP contribution < -0.4 is 0 Å². The molecule has 0 bridgehead atoms. The van der Waals surface area contributed by atoms with E-state index in [0.717, 1.165) is 12.1 Å². The average Bonchev–Trinajstić information content (AvgIpc) is 2.44. The molecule has 0 spiro atoms. The number of aliphatic hydroxyl groups is 1. The van der Waals surface area contributed by atoms with E-state index >= 15 is 0 Å². The molecular formula is C17H22F3NO3. The normalized spacial score (nSPS) is 22.4. The topological polar surface area (TPSA) is 49.8 Å². The van der Waals surface area contributed by atoms with E-state index in [1.807, 2.05) is 0 Å². The molecule has 1 aliphatic heterocycles. The van der Waals surface area contributed by atoms with Crippen molar-refractivity contribution >= 4 is 6.09 Å². The molecule has 4 nitrogen and oxygen atoms in total. The Morgan fingerprint density at radius 2 is 1.79 bits per heavy atom. The van der Waals surface area contributed by atoms with Crippen LogP contribution >= 0.6 is 0 Å². The lowest BCUT2D eigenvalue weighted by atomic mass is 9.87. The molecule has 0 aromatic heterocycles. The number of hydrogen-bond acceptors (Lipinski definition) is 3. The lowest BCUT2D eigenvalue weighted by molar-refractivity contribution is -0.137. The van der Waals surface area contributed by atoms with Crippen molar-refractivity contribution in [2.24, 2.45) is 0 Å². The van der Waals surface area contributed by atoms with Crippen LogP contribution in [0, 0.1) is 0 Å². The van der Waals surface area contributed by atoms with Crippen LogP contribution in [0.15, 0.2) is 24.3 Å². The SMILES string of the molecule is CC(C)(C)OC(=O)N1CCC(c2ccc(C(F)(F)F)cc2)C(O)C1. The quantitative estimate of drug-likeness (QED) is 0.842. The number of carbonyl (C=O) groups excluding carboxylic acids is 1. The molecule has 1 aromatic rings. The molecule has 1 aliphatic rings. The third kappa shape index (κ3) is 4.63. The van der Waals surface area contributed by atoms with Crippen molar-refractivity contribution in [1.29, 1.82) is 0 Å². The molecule has 0 saturated carbocycles. The van der Waals surface area contributed by atoms with E-state index in [2.05, 4.69) is 0 Å². The van der Waals surface area contributed by atoms with Gasteiger partial charge >= 0.3 is 12.3 Å². The first kappa shape index (κ1) is 18.6. The zero-order valence-corrected chi connectivity index (χ0v) is 13.9. The first-order valence-corrected chi connectivity index (χ1v) is 7.80. The van der Waals surface area contributed by atoms with Crippen molar-refractivity contribution in [2.75, 3.05) is 13.1 Å². The molecule has 1 saturated heterocycles. The molecule has 1 amide bonds. The zero-order chi connectivity index (χ0) is 18.1. The van der Waals surface area contributed by atoms with Crippen molar-refractivity contribution in [3.63, 3.8) is 0 Å².